The van der Waals surface area contributed by atoms with E-state index in [-0.39, 0.29) is 11.4 Å². The molecule has 24 heavy (non-hydrogen) atoms. The Bertz CT molecular complexity index is 1070. The minimum absolute atomic E-state index is 0.0599. The van der Waals surface area contributed by atoms with Gasteiger partial charge in [-0.2, -0.15) is 0 Å². The molecule has 0 amide bonds. The van der Waals surface area contributed by atoms with Gasteiger partial charge in [-0.15, -0.1) is 0 Å². The lowest BCUT2D eigenvalue weighted by Gasteiger charge is -2.06. The molecule has 0 N–H and O–H groups in total. The molecule has 0 aliphatic carbocycles. The van der Waals surface area contributed by atoms with E-state index >= 15 is 0 Å². The van der Waals surface area contributed by atoms with E-state index in [4.69, 9.17) is 11.6 Å². The molecule has 3 nitrogen and oxygen atoms in total. The van der Waals surface area contributed by atoms with E-state index < -0.39 is 0 Å². The Balaban J connectivity index is 1.89. The standard InChI is InChI=1S/C18H11BrClFN2O/c19-14-8-10(1-4-15(14)21)7-11-5-6-23-17(11)22-16-9-12(20)2-3-13(16)18(23)24/h1-4,7-9H,5-6H2/b11-7+. The van der Waals surface area contributed by atoms with Crippen LogP contribution in [0.25, 0.3) is 22.6 Å². The monoisotopic (exact) mass is 404 g/mol. The molecule has 3 aromatic rings. The first-order valence-corrected chi connectivity index (χ1v) is 8.56. The fourth-order valence-electron chi connectivity index (χ4n) is 2.93. The highest BCUT2D eigenvalue weighted by molar-refractivity contribution is 9.10. The molecule has 1 aliphatic rings. The summed E-state index contributed by atoms with van der Waals surface area (Å²) in [4.78, 5) is 17.2. The second kappa shape index (κ2) is 5.83. The van der Waals surface area contributed by atoms with Crippen molar-refractivity contribution in [2.45, 2.75) is 13.0 Å². The minimum atomic E-state index is -0.307. The van der Waals surface area contributed by atoms with Crippen LogP contribution in [-0.4, -0.2) is 9.55 Å². The Morgan fingerprint density at radius 1 is 1.25 bits per heavy atom. The molecule has 0 unspecified atom stereocenters. The Labute approximate surface area is 150 Å². The van der Waals surface area contributed by atoms with Gasteiger partial charge in [0, 0.05) is 11.6 Å². The lowest BCUT2D eigenvalue weighted by Crippen LogP contribution is -2.20. The number of rotatable bonds is 1. The highest BCUT2D eigenvalue weighted by Crippen LogP contribution is 2.29. The summed E-state index contributed by atoms with van der Waals surface area (Å²) in [6.07, 6.45) is 2.65. The van der Waals surface area contributed by atoms with Crippen LogP contribution in [0.4, 0.5) is 4.39 Å². The molecule has 4 rings (SSSR count). The van der Waals surface area contributed by atoms with Crippen molar-refractivity contribution in [2.24, 2.45) is 0 Å². The summed E-state index contributed by atoms with van der Waals surface area (Å²) in [5.74, 6) is 0.342. The number of fused-ring (bicyclic) bond motifs is 2. The molecule has 6 heteroatoms. The molecule has 0 saturated carbocycles. The van der Waals surface area contributed by atoms with Gasteiger partial charge in [-0.05, 0) is 69.9 Å². The smallest absolute Gasteiger partial charge is 0.261 e. The summed E-state index contributed by atoms with van der Waals surface area (Å²) in [5, 5.41) is 1.11. The number of benzene rings is 2. The van der Waals surface area contributed by atoms with E-state index in [2.05, 4.69) is 20.9 Å². The maximum absolute atomic E-state index is 13.4. The number of allylic oxidation sites excluding steroid dienone is 1. The Hall–Kier alpha value is -1.98. The summed E-state index contributed by atoms with van der Waals surface area (Å²) in [5.41, 5.74) is 2.34. The van der Waals surface area contributed by atoms with Crippen LogP contribution in [0.1, 0.15) is 17.8 Å². The van der Waals surface area contributed by atoms with Gasteiger partial charge in [0.25, 0.3) is 5.56 Å². The Kier molecular flexibility index (Phi) is 3.77. The van der Waals surface area contributed by atoms with Crippen molar-refractivity contribution in [3.63, 3.8) is 0 Å². The third kappa shape index (κ3) is 2.58. The molecule has 2 heterocycles. The number of nitrogens with zero attached hydrogens (tertiary/aromatic N) is 2. The van der Waals surface area contributed by atoms with Crippen LogP contribution in [0, 0.1) is 5.82 Å². The van der Waals surface area contributed by atoms with E-state index in [0.717, 1.165) is 11.1 Å². The first-order chi connectivity index (χ1) is 11.5. The number of aromatic nitrogens is 2. The molecule has 120 valence electrons. The largest absolute Gasteiger partial charge is 0.292 e. The predicted octanol–water partition coefficient (Wildman–Crippen LogP) is 4.90. The highest BCUT2D eigenvalue weighted by Gasteiger charge is 2.21. The van der Waals surface area contributed by atoms with E-state index in [0.29, 0.717) is 39.2 Å². The van der Waals surface area contributed by atoms with E-state index in [1.807, 2.05) is 6.08 Å². The van der Waals surface area contributed by atoms with Gasteiger partial charge in [0.05, 0.1) is 15.4 Å². The second-order valence-electron chi connectivity index (χ2n) is 5.65. The summed E-state index contributed by atoms with van der Waals surface area (Å²) >= 11 is 9.21. The van der Waals surface area contributed by atoms with Gasteiger partial charge in [0.15, 0.2) is 0 Å². The zero-order chi connectivity index (χ0) is 16.8. The van der Waals surface area contributed by atoms with Crippen molar-refractivity contribution in [1.82, 2.24) is 9.55 Å². The number of halogens is 3. The summed E-state index contributed by atoms with van der Waals surface area (Å²) < 4.78 is 15.5. The van der Waals surface area contributed by atoms with Crippen LogP contribution in [0.2, 0.25) is 5.02 Å². The molecule has 0 atom stereocenters. The summed E-state index contributed by atoms with van der Waals surface area (Å²) in [6.45, 7) is 0.591. The van der Waals surface area contributed by atoms with Gasteiger partial charge < -0.3 is 0 Å². The first kappa shape index (κ1) is 15.5. The molecule has 0 fully saturated rings. The number of hydrogen-bond donors (Lipinski definition) is 0. The lowest BCUT2D eigenvalue weighted by molar-refractivity contribution is 0.621. The average molecular weight is 406 g/mol. The van der Waals surface area contributed by atoms with Crippen LogP contribution in [0.3, 0.4) is 0 Å². The molecule has 1 aromatic heterocycles. The van der Waals surface area contributed by atoms with Crippen LogP contribution < -0.4 is 5.56 Å². The normalized spacial score (nSPS) is 15.2. The van der Waals surface area contributed by atoms with Crippen LogP contribution >= 0.6 is 27.5 Å². The average Bonchev–Trinajstić information content (AvgIpc) is 2.94. The van der Waals surface area contributed by atoms with Gasteiger partial charge in [0.1, 0.15) is 11.6 Å². The molecule has 0 saturated heterocycles. The van der Waals surface area contributed by atoms with Gasteiger partial charge in [-0.1, -0.05) is 17.7 Å². The van der Waals surface area contributed by atoms with Gasteiger partial charge in [-0.25, -0.2) is 9.37 Å². The molecule has 2 aromatic carbocycles. The van der Waals surface area contributed by atoms with Crippen molar-refractivity contribution in [1.29, 1.82) is 0 Å². The SMILES string of the molecule is O=c1c2ccc(Cl)cc2nc2n1CC/C2=C\c1ccc(F)c(Br)c1. The topological polar surface area (TPSA) is 34.9 Å². The zero-order valence-corrected chi connectivity index (χ0v) is 14.7. The van der Waals surface area contributed by atoms with E-state index in [9.17, 15) is 9.18 Å². The molecule has 0 radical (unpaired) electrons. The molecular formula is C18H11BrClFN2O. The maximum atomic E-state index is 13.4. The quantitative estimate of drug-likeness (QED) is 0.577. The fourth-order valence-corrected chi connectivity index (χ4v) is 3.49. The van der Waals surface area contributed by atoms with Gasteiger partial charge in [-0.3, -0.25) is 9.36 Å². The predicted molar refractivity (Wildman–Crippen MR) is 97.6 cm³/mol. The Morgan fingerprint density at radius 2 is 2.08 bits per heavy atom. The lowest BCUT2D eigenvalue weighted by atomic mass is 10.1. The molecule has 0 spiro atoms. The molecule has 1 aliphatic heterocycles. The Morgan fingerprint density at radius 3 is 2.88 bits per heavy atom. The van der Waals surface area contributed by atoms with Crippen LogP contribution in [0.15, 0.2) is 45.7 Å². The van der Waals surface area contributed by atoms with Crippen LogP contribution in [0.5, 0.6) is 0 Å². The van der Waals surface area contributed by atoms with Crippen molar-refractivity contribution in [2.75, 3.05) is 0 Å². The van der Waals surface area contributed by atoms with E-state index in [1.54, 1.807) is 34.9 Å². The van der Waals surface area contributed by atoms with Crippen LogP contribution in [-0.2, 0) is 6.54 Å². The third-order valence-electron chi connectivity index (χ3n) is 4.09. The summed E-state index contributed by atoms with van der Waals surface area (Å²) in [6, 6.07) is 9.92. The second-order valence-corrected chi connectivity index (χ2v) is 6.94. The number of hydrogen-bond acceptors (Lipinski definition) is 2. The van der Waals surface area contributed by atoms with Crippen molar-refractivity contribution in [3.8, 4) is 0 Å². The zero-order valence-electron chi connectivity index (χ0n) is 12.4. The third-order valence-corrected chi connectivity index (χ3v) is 4.94. The molecular weight excluding hydrogens is 395 g/mol. The summed E-state index contributed by atoms with van der Waals surface area (Å²) in [7, 11) is 0. The van der Waals surface area contributed by atoms with Crippen molar-refractivity contribution < 1.29 is 4.39 Å². The van der Waals surface area contributed by atoms with Crippen molar-refractivity contribution >= 4 is 50.1 Å². The fraction of sp³-hybridized carbons (Fsp3) is 0.111. The van der Waals surface area contributed by atoms with Gasteiger partial charge in [0.2, 0.25) is 0 Å². The highest BCUT2D eigenvalue weighted by atomic mass is 79.9. The maximum Gasteiger partial charge on any atom is 0.261 e. The first-order valence-electron chi connectivity index (χ1n) is 7.39. The van der Waals surface area contributed by atoms with Gasteiger partial charge >= 0.3 is 0 Å². The van der Waals surface area contributed by atoms with Crippen molar-refractivity contribution in [3.05, 3.63) is 73.5 Å². The minimum Gasteiger partial charge on any atom is -0.292 e. The molecule has 0 bridgehead atoms. The van der Waals surface area contributed by atoms with E-state index in [1.165, 1.54) is 6.07 Å².